The van der Waals surface area contributed by atoms with Crippen molar-refractivity contribution in [2.45, 2.75) is 38.6 Å². The lowest BCUT2D eigenvalue weighted by Crippen LogP contribution is -2.28. The van der Waals surface area contributed by atoms with E-state index in [1.54, 1.807) is 11.3 Å². The van der Waals surface area contributed by atoms with Crippen molar-refractivity contribution in [3.05, 3.63) is 21.3 Å². The first kappa shape index (κ1) is 12.0. The van der Waals surface area contributed by atoms with Gasteiger partial charge in [-0.1, -0.05) is 18.0 Å². The van der Waals surface area contributed by atoms with Crippen LogP contribution in [0.5, 0.6) is 0 Å². The van der Waals surface area contributed by atoms with Gasteiger partial charge in [0.2, 0.25) is 0 Å². The van der Waals surface area contributed by atoms with Crippen LogP contribution in [-0.4, -0.2) is 6.54 Å². The average Bonchev–Trinajstić information content (AvgIpc) is 3.01. The van der Waals surface area contributed by atoms with Gasteiger partial charge in [-0.05, 0) is 62.6 Å². The van der Waals surface area contributed by atoms with E-state index in [0.29, 0.717) is 6.04 Å². The van der Waals surface area contributed by atoms with Gasteiger partial charge in [-0.25, -0.2) is 0 Å². The van der Waals surface area contributed by atoms with Crippen molar-refractivity contribution in [1.29, 1.82) is 0 Å². The van der Waals surface area contributed by atoms with Crippen LogP contribution < -0.4 is 5.32 Å². The van der Waals surface area contributed by atoms with Gasteiger partial charge >= 0.3 is 0 Å². The molecule has 2 aliphatic rings. The summed E-state index contributed by atoms with van der Waals surface area (Å²) in [6.45, 7) is 3.44. The molecule has 0 saturated heterocycles. The van der Waals surface area contributed by atoms with Crippen LogP contribution in [-0.2, 0) is 0 Å². The molecule has 17 heavy (non-hydrogen) atoms. The second kappa shape index (κ2) is 4.91. The molecule has 3 rings (SSSR count). The molecular formula is C14H20ClNS. The van der Waals surface area contributed by atoms with Crippen molar-refractivity contribution in [1.82, 2.24) is 5.32 Å². The topological polar surface area (TPSA) is 12.0 Å². The van der Waals surface area contributed by atoms with Crippen molar-refractivity contribution < 1.29 is 0 Å². The second-order valence-corrected chi connectivity index (χ2v) is 7.45. The first-order valence-electron chi connectivity index (χ1n) is 6.71. The lowest BCUT2D eigenvalue weighted by Gasteiger charge is -2.23. The van der Waals surface area contributed by atoms with Gasteiger partial charge in [0.05, 0.1) is 4.34 Å². The van der Waals surface area contributed by atoms with Crippen molar-refractivity contribution in [2.75, 3.05) is 6.54 Å². The number of thiophene rings is 1. The van der Waals surface area contributed by atoms with Crippen LogP contribution in [0, 0.1) is 17.8 Å². The molecule has 1 aromatic rings. The molecule has 3 heteroatoms. The standard InChI is InChI=1S/C14H20ClNS/c1-9(13-4-5-14(15)17-13)16-8-12-7-10-2-3-11(12)6-10/h4-5,9-12,16H,2-3,6-8H2,1H3. The normalized spacial score (nSPS) is 33.2. The minimum absolute atomic E-state index is 0.451. The molecule has 1 aromatic heterocycles. The van der Waals surface area contributed by atoms with Crippen LogP contribution in [0.15, 0.2) is 12.1 Å². The van der Waals surface area contributed by atoms with Crippen LogP contribution in [0.2, 0.25) is 4.34 Å². The quantitative estimate of drug-likeness (QED) is 0.849. The van der Waals surface area contributed by atoms with E-state index in [4.69, 9.17) is 11.6 Å². The second-order valence-electron chi connectivity index (χ2n) is 5.71. The highest BCUT2D eigenvalue weighted by Crippen LogP contribution is 2.48. The molecule has 2 fully saturated rings. The monoisotopic (exact) mass is 269 g/mol. The molecule has 0 aromatic carbocycles. The molecule has 1 N–H and O–H groups in total. The van der Waals surface area contributed by atoms with Gasteiger partial charge in [-0.15, -0.1) is 11.3 Å². The summed E-state index contributed by atoms with van der Waals surface area (Å²) in [5.41, 5.74) is 0. The molecule has 2 bridgehead atoms. The van der Waals surface area contributed by atoms with Gasteiger partial charge in [-0.2, -0.15) is 0 Å². The fourth-order valence-corrected chi connectivity index (χ4v) is 4.70. The van der Waals surface area contributed by atoms with Gasteiger partial charge in [-0.3, -0.25) is 0 Å². The number of fused-ring (bicyclic) bond motifs is 2. The third-order valence-electron chi connectivity index (χ3n) is 4.59. The zero-order valence-corrected chi connectivity index (χ0v) is 11.9. The van der Waals surface area contributed by atoms with Gasteiger partial charge in [0.1, 0.15) is 0 Å². The number of halogens is 1. The number of nitrogens with one attached hydrogen (secondary N) is 1. The van der Waals surface area contributed by atoms with Crippen molar-refractivity contribution >= 4 is 22.9 Å². The minimum Gasteiger partial charge on any atom is -0.309 e. The van der Waals surface area contributed by atoms with Crippen LogP contribution in [0.4, 0.5) is 0 Å². The van der Waals surface area contributed by atoms with E-state index in [0.717, 1.165) is 22.1 Å². The Morgan fingerprint density at radius 1 is 1.41 bits per heavy atom. The highest BCUT2D eigenvalue weighted by atomic mass is 35.5. The summed E-state index contributed by atoms with van der Waals surface area (Å²) in [6.07, 6.45) is 5.95. The molecule has 1 heterocycles. The predicted molar refractivity (Wildman–Crippen MR) is 74.7 cm³/mol. The fraction of sp³-hybridized carbons (Fsp3) is 0.714. The van der Waals surface area contributed by atoms with Crippen LogP contribution in [0.3, 0.4) is 0 Å². The van der Waals surface area contributed by atoms with E-state index in [9.17, 15) is 0 Å². The summed E-state index contributed by atoms with van der Waals surface area (Å²) in [5, 5.41) is 3.69. The predicted octanol–water partition coefficient (Wildman–Crippen LogP) is 4.49. The smallest absolute Gasteiger partial charge is 0.0931 e. The van der Waals surface area contributed by atoms with Crippen LogP contribution in [0.25, 0.3) is 0 Å². The molecule has 0 aliphatic heterocycles. The van der Waals surface area contributed by atoms with E-state index >= 15 is 0 Å². The number of hydrogen-bond acceptors (Lipinski definition) is 2. The lowest BCUT2D eigenvalue weighted by atomic mass is 9.89. The molecule has 0 amide bonds. The Hall–Kier alpha value is -0.0500. The largest absolute Gasteiger partial charge is 0.309 e. The Labute approximate surface area is 113 Å². The van der Waals surface area contributed by atoms with Crippen LogP contribution in [0.1, 0.15) is 43.5 Å². The van der Waals surface area contributed by atoms with E-state index in [2.05, 4.69) is 18.3 Å². The summed E-state index contributed by atoms with van der Waals surface area (Å²) in [6, 6.07) is 4.59. The Bertz CT molecular complexity index is 389. The molecule has 0 spiro atoms. The molecule has 4 atom stereocenters. The summed E-state index contributed by atoms with van der Waals surface area (Å²) in [5.74, 6) is 3.01. The maximum atomic E-state index is 5.97. The van der Waals surface area contributed by atoms with E-state index < -0.39 is 0 Å². The number of hydrogen-bond donors (Lipinski definition) is 1. The lowest BCUT2D eigenvalue weighted by molar-refractivity contribution is 0.310. The molecule has 0 radical (unpaired) electrons. The molecule has 2 aliphatic carbocycles. The van der Waals surface area contributed by atoms with Gasteiger partial charge in [0, 0.05) is 10.9 Å². The van der Waals surface area contributed by atoms with Crippen LogP contribution >= 0.6 is 22.9 Å². The summed E-state index contributed by atoms with van der Waals surface area (Å²) in [4.78, 5) is 1.36. The first-order chi connectivity index (χ1) is 8.22. The van der Waals surface area contributed by atoms with E-state index in [1.165, 1.54) is 37.1 Å². The SMILES string of the molecule is CC(NCC1CC2CCC1C2)c1ccc(Cl)s1. The van der Waals surface area contributed by atoms with Crippen molar-refractivity contribution in [2.24, 2.45) is 17.8 Å². The average molecular weight is 270 g/mol. The van der Waals surface area contributed by atoms with Gasteiger partial charge in [0.15, 0.2) is 0 Å². The highest BCUT2D eigenvalue weighted by molar-refractivity contribution is 7.16. The molecular weight excluding hydrogens is 250 g/mol. The first-order valence-corrected chi connectivity index (χ1v) is 7.90. The van der Waals surface area contributed by atoms with E-state index in [1.807, 2.05) is 6.07 Å². The highest BCUT2D eigenvalue weighted by Gasteiger charge is 2.39. The Morgan fingerprint density at radius 2 is 2.29 bits per heavy atom. The zero-order valence-electron chi connectivity index (χ0n) is 10.3. The summed E-state index contributed by atoms with van der Waals surface area (Å²) < 4.78 is 0.897. The zero-order chi connectivity index (χ0) is 11.8. The summed E-state index contributed by atoms with van der Waals surface area (Å²) in [7, 11) is 0. The molecule has 1 nitrogen and oxygen atoms in total. The molecule has 4 unspecified atom stereocenters. The summed E-state index contributed by atoms with van der Waals surface area (Å²) >= 11 is 7.67. The fourth-order valence-electron chi connectivity index (χ4n) is 3.62. The Morgan fingerprint density at radius 3 is 2.88 bits per heavy atom. The van der Waals surface area contributed by atoms with Crippen molar-refractivity contribution in [3.8, 4) is 0 Å². The molecule has 2 saturated carbocycles. The van der Waals surface area contributed by atoms with Crippen molar-refractivity contribution in [3.63, 3.8) is 0 Å². The maximum absolute atomic E-state index is 5.97. The molecule has 94 valence electrons. The minimum atomic E-state index is 0.451. The maximum Gasteiger partial charge on any atom is 0.0931 e. The number of rotatable bonds is 4. The third-order valence-corrected chi connectivity index (χ3v) is 6.01. The van der Waals surface area contributed by atoms with Gasteiger partial charge in [0.25, 0.3) is 0 Å². The van der Waals surface area contributed by atoms with E-state index in [-0.39, 0.29) is 0 Å². The third kappa shape index (κ3) is 2.54. The Kier molecular flexibility index (Phi) is 3.47. The Balaban J connectivity index is 1.51. The van der Waals surface area contributed by atoms with Gasteiger partial charge < -0.3 is 5.32 Å².